The number of carbonyl (C=O) groups is 1. The monoisotopic (exact) mass is 437 g/mol. The Kier molecular flexibility index (Phi) is 5.44. The number of benzene rings is 1. The fourth-order valence-corrected chi connectivity index (χ4v) is 4.12. The average Bonchev–Trinajstić information content (AvgIpc) is 3.19. The molecule has 1 aromatic carbocycles. The van der Waals surface area contributed by atoms with Gasteiger partial charge in [-0.3, -0.25) is 9.69 Å². The van der Waals surface area contributed by atoms with Crippen LogP contribution in [0.4, 0.5) is 10.2 Å². The zero-order chi connectivity index (χ0) is 22.1. The van der Waals surface area contributed by atoms with Gasteiger partial charge in [0.25, 0.3) is 0 Å². The molecule has 2 aliphatic rings. The van der Waals surface area contributed by atoms with E-state index in [1.165, 1.54) is 12.1 Å². The molecule has 0 radical (unpaired) electrons. The van der Waals surface area contributed by atoms with Gasteiger partial charge in [-0.1, -0.05) is 0 Å². The quantitative estimate of drug-likeness (QED) is 0.644. The van der Waals surface area contributed by atoms with E-state index in [2.05, 4.69) is 30.4 Å². The normalized spacial score (nSPS) is 18.9. The number of aryl methyl sites for hydroxylation is 1. The van der Waals surface area contributed by atoms with Gasteiger partial charge in [-0.25, -0.2) is 9.07 Å². The van der Waals surface area contributed by atoms with Gasteiger partial charge in [0.05, 0.1) is 17.6 Å². The fourth-order valence-electron chi connectivity index (χ4n) is 4.12. The highest BCUT2D eigenvalue weighted by Crippen LogP contribution is 2.21. The number of fused-ring (bicyclic) bond motifs is 1. The summed E-state index contributed by atoms with van der Waals surface area (Å²) in [5.41, 5.74) is 2.56. The summed E-state index contributed by atoms with van der Waals surface area (Å²) in [5, 5.41) is 15.8. The van der Waals surface area contributed by atoms with Crippen molar-refractivity contribution in [2.75, 3.05) is 37.6 Å². The third-order valence-electron chi connectivity index (χ3n) is 5.95. The van der Waals surface area contributed by atoms with Crippen molar-refractivity contribution in [3.63, 3.8) is 0 Å². The van der Waals surface area contributed by atoms with Gasteiger partial charge < -0.3 is 15.0 Å². The Morgan fingerprint density at radius 1 is 1.12 bits per heavy atom. The first-order chi connectivity index (χ1) is 15.6. The van der Waals surface area contributed by atoms with E-state index in [1.807, 2.05) is 13.0 Å². The van der Waals surface area contributed by atoms with Crippen molar-refractivity contribution in [2.45, 2.75) is 19.6 Å². The summed E-state index contributed by atoms with van der Waals surface area (Å²) in [5.74, 6) is 0.898. The molecular weight excluding hydrogens is 413 g/mol. The molecule has 10 heteroatoms. The number of piperazine rings is 2. The number of amides is 1. The molecule has 1 atom stereocenters. The Bertz CT molecular complexity index is 1100. The number of hydrogen-bond acceptors (Lipinski definition) is 7. The molecule has 0 unspecified atom stereocenters. The molecule has 4 heterocycles. The van der Waals surface area contributed by atoms with Crippen LogP contribution in [0.1, 0.15) is 11.3 Å². The highest BCUT2D eigenvalue weighted by molar-refractivity contribution is 5.83. The maximum atomic E-state index is 13.3. The van der Waals surface area contributed by atoms with Gasteiger partial charge in [-0.05, 0) is 42.8 Å². The van der Waals surface area contributed by atoms with Gasteiger partial charge in [0.1, 0.15) is 18.5 Å². The maximum absolute atomic E-state index is 13.3. The van der Waals surface area contributed by atoms with Crippen LogP contribution in [-0.4, -0.2) is 69.6 Å². The lowest BCUT2D eigenvalue weighted by molar-refractivity contribution is -0.129. The van der Waals surface area contributed by atoms with Crippen molar-refractivity contribution in [1.29, 1.82) is 0 Å². The van der Waals surface area contributed by atoms with E-state index in [0.29, 0.717) is 19.0 Å². The first-order valence-corrected chi connectivity index (χ1v) is 10.6. The molecule has 0 spiro atoms. The smallest absolute Gasteiger partial charge is 0.239 e. The van der Waals surface area contributed by atoms with Crippen LogP contribution < -0.4 is 15.0 Å². The van der Waals surface area contributed by atoms with Crippen LogP contribution in [0.3, 0.4) is 0 Å². The molecule has 9 nitrogen and oxygen atoms in total. The van der Waals surface area contributed by atoms with Crippen LogP contribution in [0, 0.1) is 12.7 Å². The number of nitrogens with zero attached hydrogens (tertiary/aromatic N) is 6. The Labute approximate surface area is 184 Å². The molecule has 0 aliphatic carbocycles. The lowest BCUT2D eigenvalue weighted by Crippen LogP contribution is -2.64. The standard InChI is InChI=1S/C22H24FN7O2/c1-15-12-25-30(17-4-2-16(23)3-5-17)19(15)14-32-21-7-6-20(26-27-21)29-11-10-28-9-8-24-22(31)18(28)13-29/h2-7,12,18H,8-11,13-14H2,1H3,(H,24,31)/t18-/m0/s1. The number of aromatic nitrogens is 4. The maximum Gasteiger partial charge on any atom is 0.239 e. The Hall–Kier alpha value is -3.53. The van der Waals surface area contributed by atoms with Crippen LogP contribution in [-0.2, 0) is 11.4 Å². The van der Waals surface area contributed by atoms with Crippen molar-refractivity contribution >= 4 is 11.7 Å². The minimum absolute atomic E-state index is 0.0713. The first kappa shape index (κ1) is 20.4. The highest BCUT2D eigenvalue weighted by atomic mass is 19.1. The molecule has 2 aromatic heterocycles. The molecule has 1 amide bonds. The lowest BCUT2D eigenvalue weighted by Gasteiger charge is -2.43. The average molecular weight is 437 g/mol. The van der Waals surface area contributed by atoms with E-state index in [9.17, 15) is 9.18 Å². The van der Waals surface area contributed by atoms with Crippen molar-refractivity contribution < 1.29 is 13.9 Å². The van der Waals surface area contributed by atoms with Crippen LogP contribution in [0.25, 0.3) is 5.69 Å². The molecule has 2 aliphatic heterocycles. The van der Waals surface area contributed by atoms with Gasteiger partial charge >= 0.3 is 0 Å². The summed E-state index contributed by atoms with van der Waals surface area (Å²) < 4.78 is 20.8. The van der Waals surface area contributed by atoms with Gasteiger partial charge in [0.15, 0.2) is 5.82 Å². The van der Waals surface area contributed by atoms with Crippen molar-refractivity contribution in [3.05, 3.63) is 59.7 Å². The second-order valence-corrected chi connectivity index (χ2v) is 7.97. The minimum atomic E-state index is -0.295. The highest BCUT2D eigenvalue weighted by Gasteiger charge is 2.35. The molecule has 1 N–H and O–H groups in total. The summed E-state index contributed by atoms with van der Waals surface area (Å²) in [7, 11) is 0. The van der Waals surface area contributed by atoms with Crippen molar-refractivity contribution in [3.8, 4) is 11.6 Å². The predicted octanol–water partition coefficient (Wildman–Crippen LogP) is 1.31. The summed E-state index contributed by atoms with van der Waals surface area (Å²) in [6.45, 7) is 6.01. The molecule has 32 heavy (non-hydrogen) atoms. The second-order valence-electron chi connectivity index (χ2n) is 7.97. The largest absolute Gasteiger partial charge is 0.470 e. The van der Waals surface area contributed by atoms with Crippen LogP contribution in [0.15, 0.2) is 42.6 Å². The second kappa shape index (κ2) is 8.54. The number of rotatable bonds is 5. The van der Waals surface area contributed by atoms with Crippen LogP contribution in [0.5, 0.6) is 5.88 Å². The summed E-state index contributed by atoms with van der Waals surface area (Å²) >= 11 is 0. The molecule has 3 aromatic rings. The molecule has 2 fully saturated rings. The van der Waals surface area contributed by atoms with E-state index < -0.39 is 0 Å². The Balaban J connectivity index is 1.25. The number of anilines is 1. The van der Waals surface area contributed by atoms with E-state index in [0.717, 1.165) is 42.4 Å². The zero-order valence-corrected chi connectivity index (χ0v) is 17.7. The summed E-state index contributed by atoms with van der Waals surface area (Å²) in [6.07, 6.45) is 1.75. The molecule has 5 rings (SSSR count). The molecule has 166 valence electrons. The van der Waals surface area contributed by atoms with Gasteiger partial charge in [-0.15, -0.1) is 10.2 Å². The number of carbonyl (C=O) groups excluding carboxylic acids is 1. The van der Waals surface area contributed by atoms with Crippen molar-refractivity contribution in [2.24, 2.45) is 0 Å². The Morgan fingerprint density at radius 2 is 1.97 bits per heavy atom. The first-order valence-electron chi connectivity index (χ1n) is 10.6. The number of halogens is 1. The predicted molar refractivity (Wildman–Crippen MR) is 115 cm³/mol. The third-order valence-corrected chi connectivity index (χ3v) is 5.95. The van der Waals surface area contributed by atoms with E-state index in [1.54, 1.807) is 29.1 Å². The fraction of sp³-hybridized carbons (Fsp3) is 0.364. The van der Waals surface area contributed by atoms with Crippen LogP contribution in [0.2, 0.25) is 0 Å². The summed E-state index contributed by atoms with van der Waals surface area (Å²) in [6, 6.07) is 9.64. The van der Waals surface area contributed by atoms with Crippen LogP contribution >= 0.6 is 0 Å². The SMILES string of the molecule is Cc1cnn(-c2ccc(F)cc2)c1COc1ccc(N2CCN3CCNC(=O)[C@@H]3C2)nn1. The molecule has 2 saturated heterocycles. The van der Waals surface area contributed by atoms with Gasteiger partial charge in [-0.2, -0.15) is 5.10 Å². The van der Waals surface area contributed by atoms with E-state index in [-0.39, 0.29) is 24.4 Å². The third kappa shape index (κ3) is 4.01. The number of ether oxygens (including phenoxy) is 1. The molecular formula is C22H24FN7O2. The van der Waals surface area contributed by atoms with Crippen molar-refractivity contribution in [1.82, 2.24) is 30.2 Å². The zero-order valence-electron chi connectivity index (χ0n) is 17.7. The Morgan fingerprint density at radius 3 is 2.75 bits per heavy atom. The lowest BCUT2D eigenvalue weighted by atomic mass is 10.1. The molecule has 0 bridgehead atoms. The van der Waals surface area contributed by atoms with Gasteiger partial charge in [0.2, 0.25) is 11.8 Å². The number of nitrogens with one attached hydrogen (secondary N) is 1. The van der Waals surface area contributed by atoms with E-state index in [4.69, 9.17) is 4.74 Å². The summed E-state index contributed by atoms with van der Waals surface area (Å²) in [4.78, 5) is 16.5. The molecule has 0 saturated carbocycles. The van der Waals surface area contributed by atoms with Gasteiger partial charge in [0, 0.05) is 38.8 Å². The topological polar surface area (TPSA) is 88.4 Å². The minimum Gasteiger partial charge on any atom is -0.470 e. The van der Waals surface area contributed by atoms with E-state index >= 15 is 0 Å². The number of hydrogen-bond donors (Lipinski definition) is 1.